The Balaban J connectivity index is 1.43. The molecule has 1 aromatic carbocycles. The number of hydrogen-bond acceptors (Lipinski definition) is 6. The number of carbonyl (C=O) groups excluding carboxylic acids is 2. The molecule has 0 bridgehead atoms. The average Bonchev–Trinajstić information content (AvgIpc) is 3.30. The summed E-state index contributed by atoms with van der Waals surface area (Å²) in [6, 6.07) is 6.87. The first-order chi connectivity index (χ1) is 12.6. The molecule has 0 radical (unpaired) electrons. The minimum atomic E-state index is -0.520. The summed E-state index contributed by atoms with van der Waals surface area (Å²) in [6.45, 7) is 2.08. The van der Waals surface area contributed by atoms with Gasteiger partial charge in [0.1, 0.15) is 12.4 Å². The summed E-state index contributed by atoms with van der Waals surface area (Å²) in [7, 11) is 0. The lowest BCUT2D eigenvalue weighted by Gasteiger charge is -2.12. The maximum atomic E-state index is 12.0. The van der Waals surface area contributed by atoms with Gasteiger partial charge in [-0.3, -0.25) is 4.79 Å². The van der Waals surface area contributed by atoms with Crippen LogP contribution in [0.1, 0.15) is 46.7 Å². The Hall–Kier alpha value is -2.41. The van der Waals surface area contributed by atoms with Crippen molar-refractivity contribution in [3.8, 4) is 5.75 Å². The second-order valence-electron chi connectivity index (χ2n) is 6.30. The number of ether oxygens (including phenoxy) is 2. The molecular formula is C19H22N2O4S. The van der Waals surface area contributed by atoms with Crippen LogP contribution >= 0.6 is 11.3 Å². The maximum Gasteiger partial charge on any atom is 0.338 e. The van der Waals surface area contributed by atoms with Crippen LogP contribution in [0.4, 0.5) is 0 Å². The number of rotatable bonds is 7. The molecule has 1 saturated carbocycles. The molecule has 6 nitrogen and oxygen atoms in total. The van der Waals surface area contributed by atoms with E-state index in [4.69, 9.17) is 9.47 Å². The Bertz CT molecular complexity index is 751. The van der Waals surface area contributed by atoms with Crippen molar-refractivity contribution in [3.05, 3.63) is 45.9 Å². The van der Waals surface area contributed by atoms with Crippen molar-refractivity contribution in [1.82, 2.24) is 10.3 Å². The zero-order valence-corrected chi connectivity index (χ0v) is 15.5. The summed E-state index contributed by atoms with van der Waals surface area (Å²) in [5.41, 5.74) is 1.26. The zero-order valence-electron chi connectivity index (χ0n) is 14.7. The minimum absolute atomic E-state index is 0.221. The van der Waals surface area contributed by atoms with Crippen LogP contribution in [0.2, 0.25) is 0 Å². The lowest BCUT2D eigenvalue weighted by Crippen LogP contribution is -2.35. The van der Waals surface area contributed by atoms with Gasteiger partial charge in [0, 0.05) is 11.4 Å². The minimum Gasteiger partial charge on any atom is -0.487 e. The van der Waals surface area contributed by atoms with Crippen LogP contribution in [0.25, 0.3) is 0 Å². The predicted molar refractivity (Wildman–Crippen MR) is 98.3 cm³/mol. The summed E-state index contributed by atoms with van der Waals surface area (Å²) in [4.78, 5) is 28.2. The van der Waals surface area contributed by atoms with Gasteiger partial charge in [0.15, 0.2) is 6.61 Å². The molecule has 26 heavy (non-hydrogen) atoms. The molecule has 1 aliphatic carbocycles. The number of amides is 1. The number of aryl methyl sites for hydroxylation is 1. The van der Waals surface area contributed by atoms with Crippen LogP contribution in [0.5, 0.6) is 5.75 Å². The van der Waals surface area contributed by atoms with Crippen molar-refractivity contribution in [2.45, 2.75) is 45.3 Å². The molecule has 0 saturated heterocycles. The van der Waals surface area contributed by atoms with E-state index in [1.807, 2.05) is 12.3 Å². The van der Waals surface area contributed by atoms with Gasteiger partial charge in [-0.15, -0.1) is 11.3 Å². The molecule has 1 aliphatic rings. The molecule has 1 amide bonds. The molecule has 0 atom stereocenters. The normalized spacial score (nSPS) is 14.2. The molecule has 0 spiro atoms. The van der Waals surface area contributed by atoms with Crippen molar-refractivity contribution < 1.29 is 19.1 Å². The first-order valence-corrected chi connectivity index (χ1v) is 9.58. The van der Waals surface area contributed by atoms with Gasteiger partial charge in [-0.2, -0.15) is 0 Å². The fraction of sp³-hybridized carbons (Fsp3) is 0.421. The van der Waals surface area contributed by atoms with Crippen molar-refractivity contribution in [2.24, 2.45) is 0 Å². The number of benzene rings is 1. The SMILES string of the molecule is Cc1nc(COc2ccc(C(=O)OCC(=O)NC3CCCC3)cc2)cs1. The van der Waals surface area contributed by atoms with Gasteiger partial charge in [0.05, 0.1) is 16.3 Å². The molecule has 1 aromatic heterocycles. The van der Waals surface area contributed by atoms with E-state index in [0.717, 1.165) is 36.4 Å². The van der Waals surface area contributed by atoms with E-state index in [2.05, 4.69) is 10.3 Å². The first kappa shape index (κ1) is 18.4. The van der Waals surface area contributed by atoms with E-state index in [1.54, 1.807) is 35.6 Å². The van der Waals surface area contributed by atoms with Crippen LogP contribution < -0.4 is 10.1 Å². The number of esters is 1. The third-order valence-corrected chi connectivity index (χ3v) is 5.02. The van der Waals surface area contributed by atoms with Crippen LogP contribution in [-0.4, -0.2) is 29.5 Å². The molecule has 3 rings (SSSR count). The zero-order chi connectivity index (χ0) is 18.4. The Kier molecular flexibility index (Phi) is 6.22. The Labute approximate surface area is 156 Å². The fourth-order valence-electron chi connectivity index (χ4n) is 2.87. The van der Waals surface area contributed by atoms with Gasteiger partial charge in [0.25, 0.3) is 5.91 Å². The first-order valence-electron chi connectivity index (χ1n) is 8.70. The molecule has 1 N–H and O–H groups in total. The Morgan fingerprint density at radius 2 is 1.96 bits per heavy atom. The highest BCUT2D eigenvalue weighted by Gasteiger charge is 2.18. The molecule has 138 valence electrons. The highest BCUT2D eigenvalue weighted by molar-refractivity contribution is 7.09. The quantitative estimate of drug-likeness (QED) is 0.753. The molecule has 1 heterocycles. The molecule has 2 aromatic rings. The van der Waals surface area contributed by atoms with Crippen molar-refractivity contribution in [2.75, 3.05) is 6.61 Å². The second-order valence-corrected chi connectivity index (χ2v) is 7.36. The highest BCUT2D eigenvalue weighted by Crippen LogP contribution is 2.18. The third-order valence-electron chi connectivity index (χ3n) is 4.20. The van der Waals surface area contributed by atoms with Crippen LogP contribution in [-0.2, 0) is 16.1 Å². The van der Waals surface area contributed by atoms with Crippen molar-refractivity contribution in [3.63, 3.8) is 0 Å². The second kappa shape index (κ2) is 8.80. The molecule has 0 unspecified atom stereocenters. The smallest absolute Gasteiger partial charge is 0.338 e. The van der Waals surface area contributed by atoms with E-state index in [-0.39, 0.29) is 18.6 Å². The summed E-state index contributed by atoms with van der Waals surface area (Å²) in [5, 5.41) is 5.84. The lowest BCUT2D eigenvalue weighted by molar-refractivity contribution is -0.124. The van der Waals surface area contributed by atoms with Gasteiger partial charge in [-0.25, -0.2) is 9.78 Å². The summed E-state index contributed by atoms with van der Waals surface area (Å²) < 4.78 is 10.7. The van der Waals surface area contributed by atoms with Gasteiger partial charge in [-0.05, 0) is 44.0 Å². The monoisotopic (exact) mass is 374 g/mol. The van der Waals surface area contributed by atoms with E-state index in [1.165, 1.54) is 0 Å². The van der Waals surface area contributed by atoms with Gasteiger partial charge in [0.2, 0.25) is 0 Å². The van der Waals surface area contributed by atoms with E-state index < -0.39 is 5.97 Å². The number of nitrogens with zero attached hydrogens (tertiary/aromatic N) is 1. The average molecular weight is 374 g/mol. The topological polar surface area (TPSA) is 77.5 Å². The summed E-state index contributed by atoms with van der Waals surface area (Å²) in [6.07, 6.45) is 4.28. The number of aromatic nitrogens is 1. The molecule has 7 heteroatoms. The van der Waals surface area contributed by atoms with E-state index >= 15 is 0 Å². The number of thiazole rings is 1. The number of hydrogen-bond donors (Lipinski definition) is 1. The Morgan fingerprint density at radius 3 is 2.62 bits per heavy atom. The standard InChI is InChI=1S/C19H22N2O4S/c1-13-20-16(12-26-13)10-24-17-8-6-14(7-9-17)19(23)25-11-18(22)21-15-4-2-3-5-15/h6-9,12,15H,2-5,10-11H2,1H3,(H,21,22). The van der Waals surface area contributed by atoms with Crippen LogP contribution in [0, 0.1) is 6.92 Å². The largest absolute Gasteiger partial charge is 0.487 e. The number of nitrogens with one attached hydrogen (secondary N) is 1. The fourth-order valence-corrected chi connectivity index (χ4v) is 3.47. The third kappa shape index (κ3) is 5.29. The molecular weight excluding hydrogens is 352 g/mol. The van der Waals surface area contributed by atoms with Crippen molar-refractivity contribution >= 4 is 23.2 Å². The molecule has 1 fully saturated rings. The summed E-state index contributed by atoms with van der Waals surface area (Å²) in [5.74, 6) is -0.122. The number of carbonyl (C=O) groups is 2. The van der Waals surface area contributed by atoms with Gasteiger partial charge >= 0.3 is 5.97 Å². The molecule has 0 aliphatic heterocycles. The highest BCUT2D eigenvalue weighted by atomic mass is 32.1. The maximum absolute atomic E-state index is 12.0. The van der Waals surface area contributed by atoms with Crippen molar-refractivity contribution in [1.29, 1.82) is 0 Å². The summed E-state index contributed by atoms with van der Waals surface area (Å²) >= 11 is 1.58. The van der Waals surface area contributed by atoms with Crippen LogP contribution in [0.3, 0.4) is 0 Å². The van der Waals surface area contributed by atoms with Gasteiger partial charge < -0.3 is 14.8 Å². The van der Waals surface area contributed by atoms with E-state index in [0.29, 0.717) is 17.9 Å². The Morgan fingerprint density at radius 1 is 1.23 bits per heavy atom. The lowest BCUT2D eigenvalue weighted by atomic mass is 10.2. The van der Waals surface area contributed by atoms with Gasteiger partial charge in [-0.1, -0.05) is 12.8 Å². The predicted octanol–water partition coefficient (Wildman–Crippen LogP) is 3.25. The van der Waals surface area contributed by atoms with E-state index in [9.17, 15) is 9.59 Å². The van der Waals surface area contributed by atoms with Crippen LogP contribution in [0.15, 0.2) is 29.6 Å².